The number of H-pyrrole nitrogens is 2. The molecule has 35 heavy (non-hydrogen) atoms. The Hall–Kier alpha value is -4.66. The number of pyridine rings is 3. The van der Waals surface area contributed by atoms with Gasteiger partial charge in [0.15, 0.2) is 5.82 Å². The molecule has 6 aromatic rings. The van der Waals surface area contributed by atoms with Gasteiger partial charge in [0.05, 0.1) is 28.6 Å². The molecule has 0 aliphatic carbocycles. The van der Waals surface area contributed by atoms with Gasteiger partial charge in [-0.25, -0.2) is 9.37 Å². The highest BCUT2D eigenvalue weighted by Crippen LogP contribution is 2.32. The topological polar surface area (TPSA) is 108 Å². The number of aromatic nitrogens is 7. The molecule has 5 heterocycles. The fraction of sp³-hybridized carbons (Fsp3) is 0.115. The molecule has 0 fully saturated rings. The van der Waals surface area contributed by atoms with E-state index in [2.05, 4.69) is 49.3 Å². The van der Waals surface area contributed by atoms with E-state index in [1.807, 2.05) is 18.2 Å². The predicted octanol–water partition coefficient (Wildman–Crippen LogP) is 5.58. The third-order valence-corrected chi connectivity index (χ3v) is 5.69. The van der Waals surface area contributed by atoms with Gasteiger partial charge in [0, 0.05) is 41.1 Å². The number of benzene rings is 1. The number of nitrogens with zero attached hydrogens (tertiary/aromatic N) is 5. The third-order valence-electron chi connectivity index (χ3n) is 5.69. The zero-order valence-corrected chi connectivity index (χ0v) is 19.0. The molecule has 0 aliphatic rings. The highest BCUT2D eigenvalue weighted by molar-refractivity contribution is 5.96. The third kappa shape index (κ3) is 3.76. The Bertz CT molecular complexity index is 1680. The van der Waals surface area contributed by atoms with Crippen LogP contribution in [0.25, 0.3) is 56.0 Å². The van der Waals surface area contributed by atoms with Gasteiger partial charge in [0.1, 0.15) is 22.7 Å². The summed E-state index contributed by atoms with van der Waals surface area (Å²) >= 11 is 0. The number of anilines is 1. The van der Waals surface area contributed by atoms with E-state index in [0.717, 1.165) is 33.4 Å². The molecular formula is C26H21FN8. The monoisotopic (exact) mass is 464 g/mol. The number of hydrogen-bond acceptors (Lipinski definition) is 6. The highest BCUT2D eigenvalue weighted by atomic mass is 19.1. The van der Waals surface area contributed by atoms with E-state index in [1.54, 1.807) is 43.0 Å². The molecule has 9 heteroatoms. The summed E-state index contributed by atoms with van der Waals surface area (Å²) in [6, 6.07) is 12.6. The fourth-order valence-corrected chi connectivity index (χ4v) is 4.15. The van der Waals surface area contributed by atoms with Gasteiger partial charge in [-0.2, -0.15) is 5.10 Å². The molecule has 0 bridgehead atoms. The molecule has 3 N–H and O–H groups in total. The number of rotatable bonds is 5. The summed E-state index contributed by atoms with van der Waals surface area (Å²) < 4.78 is 14.5. The smallest absolute Gasteiger partial charge is 0.159 e. The van der Waals surface area contributed by atoms with Crippen molar-refractivity contribution in [2.75, 3.05) is 5.32 Å². The maximum Gasteiger partial charge on any atom is 0.159 e. The summed E-state index contributed by atoms with van der Waals surface area (Å²) in [4.78, 5) is 21.4. The van der Waals surface area contributed by atoms with Crippen LogP contribution in [0.2, 0.25) is 0 Å². The van der Waals surface area contributed by atoms with E-state index in [-0.39, 0.29) is 5.82 Å². The Morgan fingerprint density at radius 3 is 2.69 bits per heavy atom. The van der Waals surface area contributed by atoms with Crippen molar-refractivity contribution < 1.29 is 4.39 Å². The van der Waals surface area contributed by atoms with Crippen LogP contribution in [0.5, 0.6) is 0 Å². The summed E-state index contributed by atoms with van der Waals surface area (Å²) in [5, 5.41) is 11.7. The molecule has 0 amide bonds. The van der Waals surface area contributed by atoms with Crippen LogP contribution in [0.1, 0.15) is 13.8 Å². The van der Waals surface area contributed by atoms with Crippen molar-refractivity contribution in [1.29, 1.82) is 0 Å². The lowest BCUT2D eigenvalue weighted by molar-refractivity contribution is 0.631. The summed E-state index contributed by atoms with van der Waals surface area (Å²) in [7, 11) is 0. The fourth-order valence-electron chi connectivity index (χ4n) is 4.15. The van der Waals surface area contributed by atoms with E-state index >= 15 is 0 Å². The van der Waals surface area contributed by atoms with Crippen molar-refractivity contribution in [2.45, 2.75) is 19.9 Å². The maximum absolute atomic E-state index is 14.5. The van der Waals surface area contributed by atoms with E-state index in [4.69, 9.17) is 4.98 Å². The van der Waals surface area contributed by atoms with Gasteiger partial charge in [-0.05, 0) is 44.2 Å². The molecule has 0 radical (unpaired) electrons. The van der Waals surface area contributed by atoms with Crippen LogP contribution < -0.4 is 5.32 Å². The molecule has 8 nitrogen and oxygen atoms in total. The van der Waals surface area contributed by atoms with Crippen molar-refractivity contribution in [1.82, 2.24) is 35.1 Å². The largest absolute Gasteiger partial charge is 0.382 e. The van der Waals surface area contributed by atoms with Crippen molar-refractivity contribution in [2.24, 2.45) is 0 Å². The van der Waals surface area contributed by atoms with Gasteiger partial charge >= 0.3 is 0 Å². The van der Waals surface area contributed by atoms with Crippen molar-refractivity contribution in [3.05, 3.63) is 73.1 Å². The summed E-state index contributed by atoms with van der Waals surface area (Å²) in [5.74, 6) is 0.211. The van der Waals surface area contributed by atoms with E-state index in [1.165, 1.54) is 6.07 Å². The van der Waals surface area contributed by atoms with Crippen LogP contribution in [0, 0.1) is 5.82 Å². The number of fused-ring (bicyclic) bond motifs is 2. The molecule has 0 aliphatic heterocycles. The molecule has 0 unspecified atom stereocenters. The first-order valence-electron chi connectivity index (χ1n) is 11.2. The predicted molar refractivity (Wildman–Crippen MR) is 134 cm³/mol. The molecule has 5 aromatic heterocycles. The molecule has 1 aromatic carbocycles. The number of aromatic amines is 2. The zero-order chi connectivity index (χ0) is 23.9. The molecule has 0 saturated heterocycles. The maximum atomic E-state index is 14.5. The Morgan fingerprint density at radius 1 is 0.943 bits per heavy atom. The first kappa shape index (κ1) is 20.9. The lowest BCUT2D eigenvalue weighted by atomic mass is 10.1. The zero-order valence-electron chi connectivity index (χ0n) is 19.0. The van der Waals surface area contributed by atoms with Crippen LogP contribution in [-0.2, 0) is 0 Å². The van der Waals surface area contributed by atoms with Gasteiger partial charge in [-0.1, -0.05) is 12.1 Å². The molecular weight excluding hydrogens is 443 g/mol. The Labute approximate surface area is 199 Å². The molecule has 0 saturated carbocycles. The van der Waals surface area contributed by atoms with Gasteiger partial charge < -0.3 is 10.3 Å². The van der Waals surface area contributed by atoms with E-state index in [0.29, 0.717) is 34.3 Å². The molecule has 6 rings (SSSR count). The minimum Gasteiger partial charge on any atom is -0.382 e. The summed E-state index contributed by atoms with van der Waals surface area (Å²) in [6.45, 7) is 4.16. The minimum absolute atomic E-state index is 0.291. The lowest BCUT2D eigenvalue weighted by Crippen LogP contribution is -2.09. The minimum atomic E-state index is -0.346. The lowest BCUT2D eigenvalue weighted by Gasteiger charge is -2.10. The summed E-state index contributed by atoms with van der Waals surface area (Å²) in [6.07, 6.45) is 6.97. The van der Waals surface area contributed by atoms with Gasteiger partial charge in [-0.3, -0.25) is 20.1 Å². The average molecular weight is 465 g/mol. The highest BCUT2D eigenvalue weighted by Gasteiger charge is 2.18. The van der Waals surface area contributed by atoms with Crippen LogP contribution in [0.15, 0.2) is 67.3 Å². The van der Waals surface area contributed by atoms with Crippen LogP contribution >= 0.6 is 0 Å². The second-order valence-corrected chi connectivity index (χ2v) is 8.57. The average Bonchev–Trinajstić information content (AvgIpc) is 3.47. The number of halogens is 1. The number of imidazole rings is 1. The standard InChI is InChI=1S/C26H21FN8/c1-14(2)31-16-9-15(11-28-12-16)21-10-18-22(13-30-21)34-35-24(18)26-32-20-7-8-29-23(25(20)33-26)17-5-3-4-6-19(17)27/h3-14,31H,1-2H3,(H,32,33)(H,34,35). The first-order valence-corrected chi connectivity index (χ1v) is 11.2. The van der Waals surface area contributed by atoms with Gasteiger partial charge in [0.2, 0.25) is 0 Å². The van der Waals surface area contributed by atoms with Gasteiger partial charge in [0.25, 0.3) is 0 Å². The van der Waals surface area contributed by atoms with E-state index < -0.39 is 0 Å². The van der Waals surface area contributed by atoms with Crippen molar-refractivity contribution >= 4 is 27.6 Å². The Kier molecular flexibility index (Phi) is 4.95. The van der Waals surface area contributed by atoms with Crippen LogP contribution in [0.4, 0.5) is 10.1 Å². The van der Waals surface area contributed by atoms with Crippen LogP contribution in [-0.4, -0.2) is 41.2 Å². The molecule has 0 spiro atoms. The number of hydrogen-bond donors (Lipinski definition) is 3. The van der Waals surface area contributed by atoms with Gasteiger partial charge in [-0.15, -0.1) is 0 Å². The molecule has 172 valence electrons. The second-order valence-electron chi connectivity index (χ2n) is 8.57. The quantitative estimate of drug-likeness (QED) is 0.307. The Balaban J connectivity index is 1.46. The van der Waals surface area contributed by atoms with Crippen molar-refractivity contribution in [3.63, 3.8) is 0 Å². The normalized spacial score (nSPS) is 11.5. The van der Waals surface area contributed by atoms with E-state index in [9.17, 15) is 4.39 Å². The SMILES string of the molecule is CC(C)Nc1cncc(-c2cc3c(-c4nc5c(-c6ccccc6F)nccc5[nH]4)n[nH]c3cn2)c1. The Morgan fingerprint density at radius 2 is 1.83 bits per heavy atom. The van der Waals surface area contributed by atoms with Crippen molar-refractivity contribution in [3.8, 4) is 34.0 Å². The number of nitrogens with one attached hydrogen (secondary N) is 3. The van der Waals surface area contributed by atoms with Crippen LogP contribution in [0.3, 0.4) is 0 Å². The first-order chi connectivity index (χ1) is 17.1. The molecule has 0 atom stereocenters. The summed E-state index contributed by atoms with van der Waals surface area (Å²) in [5.41, 5.74) is 6.21. The second kappa shape index (κ2) is 8.28.